The average Bonchev–Trinajstić information content (AvgIpc) is 3.51. The van der Waals surface area contributed by atoms with E-state index < -0.39 is 0 Å². The highest BCUT2D eigenvalue weighted by atomic mass is 16.3. The van der Waals surface area contributed by atoms with Gasteiger partial charge in [0.2, 0.25) is 5.91 Å². The first kappa shape index (κ1) is 19.4. The molecular weight excluding hydrogens is 404 g/mol. The van der Waals surface area contributed by atoms with Gasteiger partial charge in [0.15, 0.2) is 0 Å². The number of nitrogens with zero attached hydrogens (tertiary/aromatic N) is 5. The minimum atomic E-state index is -0.253. The van der Waals surface area contributed by atoms with Gasteiger partial charge in [-0.25, -0.2) is 9.67 Å². The van der Waals surface area contributed by atoms with Crippen molar-refractivity contribution in [3.05, 3.63) is 91.8 Å². The lowest BCUT2D eigenvalue weighted by atomic mass is 10.1. The van der Waals surface area contributed by atoms with Crippen molar-refractivity contribution in [1.82, 2.24) is 25.0 Å². The Labute approximate surface area is 183 Å². The predicted octanol–water partition coefficient (Wildman–Crippen LogP) is 4.30. The lowest BCUT2D eigenvalue weighted by molar-refractivity contribution is -0.116. The van der Waals surface area contributed by atoms with Crippen molar-refractivity contribution >= 4 is 11.7 Å². The Kier molecular flexibility index (Phi) is 5.24. The molecule has 1 amide bonds. The predicted molar refractivity (Wildman–Crippen MR) is 119 cm³/mol. The van der Waals surface area contributed by atoms with Crippen LogP contribution in [-0.4, -0.2) is 30.9 Å². The van der Waals surface area contributed by atoms with Crippen molar-refractivity contribution in [2.75, 3.05) is 5.32 Å². The van der Waals surface area contributed by atoms with Gasteiger partial charge >= 0.3 is 0 Å². The van der Waals surface area contributed by atoms with Crippen LogP contribution in [0.15, 0.2) is 96.2 Å². The van der Waals surface area contributed by atoms with E-state index in [0.29, 0.717) is 11.5 Å². The summed E-state index contributed by atoms with van der Waals surface area (Å²) in [4.78, 5) is 21.2. The van der Waals surface area contributed by atoms with E-state index >= 15 is 0 Å². The van der Waals surface area contributed by atoms with Crippen LogP contribution in [0.5, 0.6) is 0 Å². The van der Waals surface area contributed by atoms with Crippen LogP contribution in [0.4, 0.5) is 5.82 Å². The van der Waals surface area contributed by atoms with Crippen LogP contribution in [0.1, 0.15) is 0 Å². The number of pyridine rings is 2. The quantitative estimate of drug-likeness (QED) is 0.438. The van der Waals surface area contributed by atoms with Gasteiger partial charge < -0.3 is 9.73 Å². The zero-order chi connectivity index (χ0) is 21.8. The smallest absolute Gasteiger partial charge is 0.247 e. The van der Waals surface area contributed by atoms with Crippen LogP contribution in [-0.2, 0) is 11.3 Å². The topological polar surface area (TPSA) is 98.7 Å². The van der Waals surface area contributed by atoms with Crippen LogP contribution in [0.3, 0.4) is 0 Å². The first-order valence-corrected chi connectivity index (χ1v) is 9.96. The fourth-order valence-corrected chi connectivity index (χ4v) is 3.40. The molecule has 0 fully saturated rings. The molecule has 1 N–H and O–H groups in total. The molecule has 0 spiro atoms. The van der Waals surface area contributed by atoms with Gasteiger partial charge in [-0.3, -0.25) is 9.78 Å². The highest BCUT2D eigenvalue weighted by Crippen LogP contribution is 2.29. The van der Waals surface area contributed by atoms with Gasteiger partial charge in [0.1, 0.15) is 18.1 Å². The number of furan rings is 1. The minimum Gasteiger partial charge on any atom is -0.472 e. The summed E-state index contributed by atoms with van der Waals surface area (Å²) >= 11 is 0. The van der Waals surface area contributed by atoms with Gasteiger partial charge in [-0.1, -0.05) is 35.5 Å². The SMILES string of the molecule is O=C(Cn1nnc(-c2ccncc2)c1-c1ccccc1)Nc1ccc(-c2ccoc2)cn1. The maximum atomic E-state index is 12.8. The highest BCUT2D eigenvalue weighted by Gasteiger charge is 2.18. The molecule has 4 aromatic heterocycles. The Morgan fingerprint density at radius 3 is 2.47 bits per heavy atom. The number of nitrogens with one attached hydrogen (secondary N) is 1. The van der Waals surface area contributed by atoms with E-state index in [9.17, 15) is 4.79 Å². The van der Waals surface area contributed by atoms with E-state index in [1.54, 1.807) is 41.9 Å². The maximum absolute atomic E-state index is 12.8. The van der Waals surface area contributed by atoms with Crippen molar-refractivity contribution in [1.29, 1.82) is 0 Å². The van der Waals surface area contributed by atoms with E-state index in [4.69, 9.17) is 4.42 Å². The van der Waals surface area contributed by atoms with Crippen molar-refractivity contribution < 1.29 is 9.21 Å². The lowest BCUT2D eigenvalue weighted by Crippen LogP contribution is -2.20. The number of benzene rings is 1. The van der Waals surface area contributed by atoms with Gasteiger partial charge in [-0.05, 0) is 30.3 Å². The first-order valence-electron chi connectivity index (χ1n) is 9.96. The van der Waals surface area contributed by atoms with E-state index in [2.05, 4.69) is 25.6 Å². The monoisotopic (exact) mass is 422 g/mol. The van der Waals surface area contributed by atoms with E-state index in [-0.39, 0.29) is 12.5 Å². The largest absolute Gasteiger partial charge is 0.472 e. The van der Waals surface area contributed by atoms with Gasteiger partial charge in [0.25, 0.3) is 0 Å². The van der Waals surface area contributed by atoms with Crippen molar-refractivity contribution in [3.63, 3.8) is 0 Å². The summed E-state index contributed by atoms with van der Waals surface area (Å²) in [7, 11) is 0. The maximum Gasteiger partial charge on any atom is 0.247 e. The third kappa shape index (κ3) is 4.01. The number of aromatic nitrogens is 5. The number of rotatable bonds is 6. The molecule has 4 heterocycles. The zero-order valence-electron chi connectivity index (χ0n) is 16.9. The molecule has 5 rings (SSSR count). The molecule has 0 unspecified atom stereocenters. The number of hydrogen-bond acceptors (Lipinski definition) is 6. The molecule has 0 saturated carbocycles. The first-order chi connectivity index (χ1) is 15.8. The Hall–Kier alpha value is -4.59. The number of carbonyl (C=O) groups is 1. The Bertz CT molecular complexity index is 1310. The Morgan fingerprint density at radius 2 is 1.75 bits per heavy atom. The Morgan fingerprint density at radius 1 is 0.906 bits per heavy atom. The van der Waals surface area contributed by atoms with Crippen LogP contribution in [0.2, 0.25) is 0 Å². The molecule has 0 radical (unpaired) electrons. The third-order valence-corrected chi connectivity index (χ3v) is 4.91. The van der Waals surface area contributed by atoms with E-state index in [0.717, 1.165) is 27.9 Å². The standard InChI is InChI=1S/C24H18N6O2/c31-22(27-21-7-6-19(14-26-21)20-10-13-32-16-20)15-30-24(18-4-2-1-3-5-18)23(28-29-30)17-8-11-25-12-9-17/h1-14,16H,15H2,(H,26,27,31). The number of anilines is 1. The summed E-state index contributed by atoms with van der Waals surface area (Å²) in [5, 5.41) is 11.4. The molecule has 0 saturated heterocycles. The molecule has 0 atom stereocenters. The van der Waals surface area contributed by atoms with Crippen LogP contribution in [0.25, 0.3) is 33.6 Å². The molecule has 0 bridgehead atoms. The average molecular weight is 422 g/mol. The molecule has 8 nitrogen and oxygen atoms in total. The molecule has 32 heavy (non-hydrogen) atoms. The summed E-state index contributed by atoms with van der Waals surface area (Å²) < 4.78 is 6.69. The van der Waals surface area contributed by atoms with Crippen LogP contribution >= 0.6 is 0 Å². The van der Waals surface area contributed by atoms with E-state index in [1.165, 1.54) is 0 Å². The van der Waals surface area contributed by atoms with Crippen molar-refractivity contribution in [2.45, 2.75) is 6.54 Å². The molecule has 0 aliphatic carbocycles. The van der Waals surface area contributed by atoms with Gasteiger partial charge in [-0.2, -0.15) is 0 Å². The number of amides is 1. The Balaban J connectivity index is 1.39. The summed E-state index contributed by atoms with van der Waals surface area (Å²) in [6.07, 6.45) is 8.34. The lowest BCUT2D eigenvalue weighted by Gasteiger charge is -2.09. The summed E-state index contributed by atoms with van der Waals surface area (Å²) in [5.74, 6) is 0.204. The van der Waals surface area contributed by atoms with Crippen LogP contribution < -0.4 is 5.32 Å². The minimum absolute atomic E-state index is 0.00648. The van der Waals surface area contributed by atoms with E-state index in [1.807, 2.05) is 54.6 Å². The highest BCUT2D eigenvalue weighted by molar-refractivity contribution is 5.90. The van der Waals surface area contributed by atoms with Gasteiger partial charge in [-0.15, -0.1) is 5.10 Å². The fourth-order valence-electron chi connectivity index (χ4n) is 3.40. The second kappa shape index (κ2) is 8.65. The second-order valence-corrected chi connectivity index (χ2v) is 7.04. The summed E-state index contributed by atoms with van der Waals surface area (Å²) in [6, 6.07) is 19.0. The molecule has 0 aliphatic heterocycles. The molecule has 5 aromatic rings. The second-order valence-electron chi connectivity index (χ2n) is 7.04. The molecular formula is C24H18N6O2. The molecule has 8 heteroatoms. The molecule has 156 valence electrons. The molecule has 0 aliphatic rings. The zero-order valence-corrected chi connectivity index (χ0v) is 16.9. The van der Waals surface area contributed by atoms with Crippen molar-refractivity contribution in [2.24, 2.45) is 0 Å². The molecule has 1 aromatic carbocycles. The van der Waals surface area contributed by atoms with Gasteiger partial charge in [0.05, 0.1) is 18.2 Å². The number of carbonyl (C=O) groups excluding carboxylic acids is 1. The number of hydrogen-bond donors (Lipinski definition) is 1. The summed E-state index contributed by atoms with van der Waals surface area (Å²) in [5.41, 5.74) is 5.07. The van der Waals surface area contributed by atoms with Crippen molar-refractivity contribution in [3.8, 4) is 33.6 Å². The normalized spacial score (nSPS) is 10.8. The fraction of sp³-hybridized carbons (Fsp3) is 0.0417. The third-order valence-electron chi connectivity index (χ3n) is 4.91. The summed E-state index contributed by atoms with van der Waals surface area (Å²) in [6.45, 7) is -0.00648. The van der Waals surface area contributed by atoms with Crippen LogP contribution in [0, 0.1) is 0 Å². The van der Waals surface area contributed by atoms with Gasteiger partial charge in [0, 0.05) is 40.8 Å².